The molecule has 0 saturated carbocycles. The molecule has 0 fully saturated rings. The third-order valence-corrected chi connectivity index (χ3v) is 3.29. The first-order valence-corrected chi connectivity index (χ1v) is 6.34. The number of thiazole rings is 1. The maximum atomic E-state index is 11.8. The number of carbonyl (C=O) groups is 1. The number of carbonyl (C=O) groups excluding carboxylic acids is 1. The molecule has 2 aromatic rings. The van der Waals surface area contributed by atoms with E-state index in [1.165, 1.54) is 11.3 Å². The van der Waals surface area contributed by atoms with Gasteiger partial charge in [0.2, 0.25) is 0 Å². The summed E-state index contributed by atoms with van der Waals surface area (Å²) in [6.07, 6.45) is 2.46. The van der Waals surface area contributed by atoms with E-state index >= 15 is 0 Å². The maximum absolute atomic E-state index is 11.8. The number of hydrogen-bond donors (Lipinski definition) is 1. The van der Waals surface area contributed by atoms with Crippen LogP contribution in [-0.2, 0) is 11.2 Å². The first-order chi connectivity index (χ1) is 8.25. The van der Waals surface area contributed by atoms with E-state index in [0.29, 0.717) is 12.8 Å². The van der Waals surface area contributed by atoms with E-state index in [9.17, 15) is 4.79 Å². The van der Waals surface area contributed by atoms with Gasteiger partial charge in [-0.3, -0.25) is 4.79 Å². The average Bonchev–Trinajstić information content (AvgIpc) is 2.82. The monoisotopic (exact) mass is 246 g/mol. The Morgan fingerprint density at radius 2 is 2.12 bits per heavy atom. The predicted octanol–water partition coefficient (Wildman–Crippen LogP) is 2.34. The Morgan fingerprint density at radius 1 is 1.35 bits per heavy atom. The number of nitrogens with two attached hydrogens (primary N) is 1. The molecule has 17 heavy (non-hydrogen) atoms. The number of benzene rings is 1. The molecule has 1 aromatic carbocycles. The van der Waals surface area contributed by atoms with Crippen LogP contribution in [0.4, 0.5) is 0 Å². The summed E-state index contributed by atoms with van der Waals surface area (Å²) in [6.45, 7) is 0. The molecule has 2 rings (SSSR count). The summed E-state index contributed by atoms with van der Waals surface area (Å²) < 4.78 is 0. The van der Waals surface area contributed by atoms with Crippen molar-refractivity contribution in [1.29, 1.82) is 0 Å². The fraction of sp³-hybridized carbons (Fsp3) is 0.231. The Bertz CT molecular complexity index is 467. The lowest BCUT2D eigenvalue weighted by Crippen LogP contribution is -2.16. The van der Waals surface area contributed by atoms with Crippen LogP contribution in [0.5, 0.6) is 0 Å². The number of ketones is 1. The molecule has 4 heteroatoms. The molecule has 88 valence electrons. The second-order valence-electron chi connectivity index (χ2n) is 3.86. The normalized spacial score (nSPS) is 12.3. The molecule has 1 aromatic heterocycles. The largest absolute Gasteiger partial charge is 0.324 e. The van der Waals surface area contributed by atoms with E-state index in [2.05, 4.69) is 4.98 Å². The lowest BCUT2D eigenvalue weighted by Gasteiger charge is -2.10. The fourth-order valence-corrected chi connectivity index (χ4v) is 2.29. The van der Waals surface area contributed by atoms with Crippen molar-refractivity contribution in [2.45, 2.75) is 18.9 Å². The van der Waals surface area contributed by atoms with Gasteiger partial charge >= 0.3 is 0 Å². The molecule has 0 radical (unpaired) electrons. The zero-order valence-electron chi connectivity index (χ0n) is 9.37. The summed E-state index contributed by atoms with van der Waals surface area (Å²) >= 11 is 1.50. The van der Waals surface area contributed by atoms with Gasteiger partial charge in [-0.2, -0.15) is 0 Å². The number of aromatic nitrogens is 1. The van der Waals surface area contributed by atoms with Gasteiger partial charge in [0.15, 0.2) is 0 Å². The van der Waals surface area contributed by atoms with E-state index in [1.54, 1.807) is 6.20 Å². The summed E-state index contributed by atoms with van der Waals surface area (Å²) in [5.74, 6) is 0.135. The minimum absolute atomic E-state index is 0.135. The summed E-state index contributed by atoms with van der Waals surface area (Å²) in [5.41, 5.74) is 6.99. The van der Waals surface area contributed by atoms with E-state index in [4.69, 9.17) is 5.73 Å². The second-order valence-corrected chi connectivity index (χ2v) is 4.84. The van der Waals surface area contributed by atoms with Gasteiger partial charge in [0.05, 0.1) is 11.4 Å². The Balaban J connectivity index is 1.91. The molecule has 0 aliphatic carbocycles. The van der Waals surface area contributed by atoms with Crippen molar-refractivity contribution >= 4 is 17.1 Å². The van der Waals surface area contributed by atoms with E-state index < -0.39 is 0 Å². The SMILES string of the molecule is NC(CC(=O)Cc1nccs1)c1ccccc1. The standard InChI is InChI=1S/C13H14N2OS/c14-12(10-4-2-1-3-5-10)8-11(16)9-13-15-6-7-17-13/h1-7,12H,8-9,14H2. The van der Waals surface area contributed by atoms with Crippen molar-refractivity contribution in [3.63, 3.8) is 0 Å². The summed E-state index contributed by atoms with van der Waals surface area (Å²) in [6, 6.07) is 9.47. The molecule has 1 atom stereocenters. The number of nitrogens with zero attached hydrogens (tertiary/aromatic N) is 1. The first kappa shape index (κ1) is 12.0. The van der Waals surface area contributed by atoms with Crippen LogP contribution >= 0.6 is 11.3 Å². The van der Waals surface area contributed by atoms with Crippen LogP contribution in [0.2, 0.25) is 0 Å². The van der Waals surface area contributed by atoms with Gasteiger partial charge < -0.3 is 5.73 Å². The van der Waals surface area contributed by atoms with Gasteiger partial charge in [-0.1, -0.05) is 30.3 Å². The number of hydrogen-bond acceptors (Lipinski definition) is 4. The molecule has 1 unspecified atom stereocenters. The van der Waals surface area contributed by atoms with Gasteiger partial charge in [0, 0.05) is 24.0 Å². The highest BCUT2D eigenvalue weighted by Crippen LogP contribution is 2.15. The molecule has 0 amide bonds. The van der Waals surface area contributed by atoms with E-state index in [-0.39, 0.29) is 11.8 Å². The second kappa shape index (κ2) is 5.70. The first-order valence-electron chi connectivity index (χ1n) is 5.46. The van der Waals surface area contributed by atoms with E-state index in [1.807, 2.05) is 35.7 Å². The zero-order valence-corrected chi connectivity index (χ0v) is 10.2. The smallest absolute Gasteiger partial charge is 0.141 e. The maximum Gasteiger partial charge on any atom is 0.141 e. The van der Waals surface area contributed by atoms with Crippen LogP contribution in [-0.4, -0.2) is 10.8 Å². The minimum Gasteiger partial charge on any atom is -0.324 e. The van der Waals surface area contributed by atoms with Crippen LogP contribution in [0.3, 0.4) is 0 Å². The third-order valence-electron chi connectivity index (χ3n) is 2.51. The summed E-state index contributed by atoms with van der Waals surface area (Å²) in [7, 11) is 0. The van der Waals surface area contributed by atoms with E-state index in [0.717, 1.165) is 10.6 Å². The van der Waals surface area contributed by atoms with Gasteiger partial charge in [-0.05, 0) is 5.56 Å². The molecule has 0 aliphatic rings. The van der Waals surface area contributed by atoms with Crippen molar-refractivity contribution in [1.82, 2.24) is 4.98 Å². The Kier molecular flexibility index (Phi) is 4.01. The van der Waals surface area contributed by atoms with Gasteiger partial charge in [0.1, 0.15) is 5.78 Å². The lowest BCUT2D eigenvalue weighted by molar-refractivity contribution is -0.118. The van der Waals surface area contributed by atoms with Crippen molar-refractivity contribution in [2.75, 3.05) is 0 Å². The number of rotatable bonds is 5. The highest BCUT2D eigenvalue weighted by Gasteiger charge is 2.12. The molecule has 2 N–H and O–H groups in total. The highest BCUT2D eigenvalue weighted by atomic mass is 32.1. The Hall–Kier alpha value is -1.52. The van der Waals surface area contributed by atoms with Crippen LogP contribution in [0.1, 0.15) is 23.0 Å². The third kappa shape index (κ3) is 3.47. The molecular formula is C13H14N2OS. The van der Waals surface area contributed by atoms with Crippen molar-refractivity contribution in [2.24, 2.45) is 5.73 Å². The number of Topliss-reactive ketones (excluding diaryl/α,β-unsaturated/α-hetero) is 1. The van der Waals surface area contributed by atoms with Crippen molar-refractivity contribution in [3.05, 3.63) is 52.5 Å². The summed E-state index contributed by atoms with van der Waals surface area (Å²) in [5, 5.41) is 2.73. The molecule has 3 nitrogen and oxygen atoms in total. The highest BCUT2D eigenvalue weighted by molar-refractivity contribution is 7.09. The lowest BCUT2D eigenvalue weighted by atomic mass is 10.0. The minimum atomic E-state index is -0.219. The average molecular weight is 246 g/mol. The quantitative estimate of drug-likeness (QED) is 0.881. The molecule has 0 bridgehead atoms. The van der Waals surface area contributed by atoms with Gasteiger partial charge in [-0.15, -0.1) is 11.3 Å². The fourth-order valence-electron chi connectivity index (χ4n) is 1.64. The molecule has 0 saturated heterocycles. The topological polar surface area (TPSA) is 56.0 Å². The molecule has 0 aliphatic heterocycles. The van der Waals surface area contributed by atoms with Crippen LogP contribution in [0.15, 0.2) is 41.9 Å². The molecular weight excluding hydrogens is 232 g/mol. The van der Waals surface area contributed by atoms with Gasteiger partial charge in [-0.25, -0.2) is 4.98 Å². The molecule has 0 spiro atoms. The van der Waals surface area contributed by atoms with Crippen LogP contribution in [0.25, 0.3) is 0 Å². The van der Waals surface area contributed by atoms with Crippen LogP contribution < -0.4 is 5.73 Å². The van der Waals surface area contributed by atoms with Crippen molar-refractivity contribution in [3.8, 4) is 0 Å². The molecule has 1 heterocycles. The Labute approximate surface area is 104 Å². The van der Waals surface area contributed by atoms with Gasteiger partial charge in [0.25, 0.3) is 0 Å². The Morgan fingerprint density at radius 3 is 2.76 bits per heavy atom. The zero-order chi connectivity index (χ0) is 12.1. The van der Waals surface area contributed by atoms with Crippen LogP contribution in [0, 0.1) is 0 Å². The predicted molar refractivity (Wildman–Crippen MR) is 68.8 cm³/mol. The summed E-state index contributed by atoms with van der Waals surface area (Å²) in [4.78, 5) is 15.9. The van der Waals surface area contributed by atoms with Crippen molar-refractivity contribution < 1.29 is 4.79 Å².